The van der Waals surface area contributed by atoms with Crippen molar-refractivity contribution in [3.05, 3.63) is 87.9 Å². The number of anilines is 1. The summed E-state index contributed by atoms with van der Waals surface area (Å²) in [4.78, 5) is 37.0. The Balaban J connectivity index is 1.46. The molecule has 33 heavy (non-hydrogen) atoms. The van der Waals surface area contributed by atoms with Crippen molar-refractivity contribution in [2.45, 2.75) is 5.92 Å². The molecular weight excluding hydrogens is 488 g/mol. The van der Waals surface area contributed by atoms with Crippen LogP contribution >= 0.6 is 15.9 Å². The number of fused-ring (bicyclic) bond motifs is 3. The van der Waals surface area contributed by atoms with Crippen LogP contribution in [0, 0.1) is 0 Å². The van der Waals surface area contributed by atoms with E-state index in [1.165, 1.54) is 13.1 Å². The van der Waals surface area contributed by atoms with Crippen molar-refractivity contribution in [2.75, 3.05) is 25.5 Å². The van der Waals surface area contributed by atoms with Crippen LogP contribution in [0.3, 0.4) is 0 Å². The SMILES string of the molecule is CN(CC(=O)O)C(=O)c1ccc(Br)c(NC(=O)OCC2c3ccccc3-c3ccccc32)c1. The summed E-state index contributed by atoms with van der Waals surface area (Å²) in [5, 5.41) is 11.6. The zero-order chi connectivity index (χ0) is 23.5. The summed E-state index contributed by atoms with van der Waals surface area (Å²) in [6.45, 7) is -0.262. The second kappa shape index (κ2) is 9.46. The lowest BCUT2D eigenvalue weighted by Gasteiger charge is -2.17. The Kier molecular flexibility index (Phi) is 6.46. The third-order valence-electron chi connectivity index (χ3n) is 5.51. The molecule has 7 nitrogen and oxygen atoms in total. The molecule has 0 bridgehead atoms. The van der Waals surface area contributed by atoms with Crippen molar-refractivity contribution >= 4 is 39.6 Å². The van der Waals surface area contributed by atoms with E-state index in [2.05, 4.69) is 33.4 Å². The molecular formula is C25H21BrN2O5. The van der Waals surface area contributed by atoms with Crippen molar-refractivity contribution < 1.29 is 24.2 Å². The number of hydrogen-bond donors (Lipinski definition) is 2. The quantitative estimate of drug-likeness (QED) is 0.490. The zero-order valence-electron chi connectivity index (χ0n) is 17.7. The van der Waals surface area contributed by atoms with Gasteiger partial charge in [0.15, 0.2) is 0 Å². The van der Waals surface area contributed by atoms with Gasteiger partial charge in [0.2, 0.25) is 0 Å². The minimum absolute atomic E-state index is 0.0656. The highest BCUT2D eigenvalue weighted by Gasteiger charge is 2.29. The average Bonchev–Trinajstić information content (AvgIpc) is 3.12. The van der Waals surface area contributed by atoms with Gasteiger partial charge in [-0.1, -0.05) is 48.5 Å². The molecule has 0 saturated heterocycles. The maximum absolute atomic E-state index is 12.6. The minimum Gasteiger partial charge on any atom is -0.480 e. The Morgan fingerprint density at radius 1 is 1.00 bits per heavy atom. The summed E-state index contributed by atoms with van der Waals surface area (Å²) in [5.74, 6) is -1.65. The molecule has 3 aromatic carbocycles. The first kappa shape index (κ1) is 22.5. The molecule has 3 aromatic rings. The standard InChI is InChI=1S/C25H21BrN2O5/c1-28(13-23(29)30)24(31)15-10-11-21(26)22(12-15)27-25(32)33-14-20-18-8-4-2-6-16(18)17-7-3-5-9-19(17)20/h2-12,20H,13-14H2,1H3,(H,27,32)(H,29,30). The van der Waals surface area contributed by atoms with Crippen molar-refractivity contribution in [1.82, 2.24) is 4.90 Å². The number of likely N-dealkylation sites (N-methyl/N-ethyl adjacent to an activating group) is 1. The van der Waals surface area contributed by atoms with Crippen LogP contribution in [0.5, 0.6) is 0 Å². The summed E-state index contributed by atoms with van der Waals surface area (Å²) in [5.41, 5.74) is 5.10. The Morgan fingerprint density at radius 3 is 2.21 bits per heavy atom. The van der Waals surface area contributed by atoms with Gasteiger partial charge in [0.1, 0.15) is 13.2 Å². The fourth-order valence-corrected chi connectivity index (χ4v) is 4.34. The fraction of sp³-hybridized carbons (Fsp3) is 0.160. The molecule has 2 N–H and O–H groups in total. The van der Waals surface area contributed by atoms with Crippen LogP contribution in [0.15, 0.2) is 71.2 Å². The highest BCUT2D eigenvalue weighted by atomic mass is 79.9. The van der Waals surface area contributed by atoms with Crippen LogP contribution in [0.25, 0.3) is 11.1 Å². The van der Waals surface area contributed by atoms with E-state index in [0.29, 0.717) is 10.2 Å². The summed E-state index contributed by atoms with van der Waals surface area (Å²) >= 11 is 3.36. The molecule has 0 spiro atoms. The van der Waals surface area contributed by atoms with Crippen molar-refractivity contribution in [1.29, 1.82) is 0 Å². The fourth-order valence-electron chi connectivity index (χ4n) is 3.99. The van der Waals surface area contributed by atoms with Crippen molar-refractivity contribution in [2.24, 2.45) is 0 Å². The highest BCUT2D eigenvalue weighted by molar-refractivity contribution is 9.10. The number of carboxylic acids is 1. The van der Waals surface area contributed by atoms with E-state index in [0.717, 1.165) is 27.2 Å². The van der Waals surface area contributed by atoms with Gasteiger partial charge in [-0.3, -0.25) is 14.9 Å². The lowest BCUT2D eigenvalue weighted by molar-refractivity contribution is -0.137. The Bertz CT molecular complexity index is 1200. The molecule has 0 saturated carbocycles. The molecule has 8 heteroatoms. The molecule has 4 rings (SSSR count). The van der Waals surface area contributed by atoms with Crippen LogP contribution in [-0.2, 0) is 9.53 Å². The molecule has 0 fully saturated rings. The monoisotopic (exact) mass is 508 g/mol. The second-order valence-electron chi connectivity index (χ2n) is 7.70. The van der Waals surface area contributed by atoms with Gasteiger partial charge in [-0.15, -0.1) is 0 Å². The number of hydrogen-bond acceptors (Lipinski definition) is 4. The molecule has 1 aliphatic carbocycles. The van der Waals surface area contributed by atoms with E-state index in [9.17, 15) is 14.4 Å². The number of nitrogens with one attached hydrogen (secondary N) is 1. The number of benzene rings is 3. The number of rotatable bonds is 6. The van der Waals surface area contributed by atoms with Crippen LogP contribution in [0.1, 0.15) is 27.4 Å². The highest BCUT2D eigenvalue weighted by Crippen LogP contribution is 2.44. The topological polar surface area (TPSA) is 95.9 Å². The van der Waals surface area contributed by atoms with Gasteiger partial charge in [-0.2, -0.15) is 0 Å². The average molecular weight is 509 g/mol. The minimum atomic E-state index is -1.11. The normalized spacial score (nSPS) is 11.9. The van der Waals surface area contributed by atoms with Gasteiger partial charge in [0.25, 0.3) is 5.91 Å². The van der Waals surface area contributed by atoms with E-state index >= 15 is 0 Å². The van der Waals surface area contributed by atoms with Crippen LogP contribution in [-0.4, -0.2) is 48.2 Å². The molecule has 0 aromatic heterocycles. The number of amides is 2. The molecule has 0 heterocycles. The molecule has 2 amide bonds. The lowest BCUT2D eigenvalue weighted by Crippen LogP contribution is -2.32. The molecule has 0 atom stereocenters. The molecule has 0 unspecified atom stereocenters. The molecule has 0 aliphatic heterocycles. The summed E-state index contributed by atoms with van der Waals surface area (Å²) < 4.78 is 6.12. The predicted octanol–water partition coefficient (Wildman–Crippen LogP) is 4.97. The molecule has 0 radical (unpaired) electrons. The van der Waals surface area contributed by atoms with E-state index in [4.69, 9.17) is 9.84 Å². The van der Waals surface area contributed by atoms with Crippen LogP contribution in [0.2, 0.25) is 0 Å². The predicted molar refractivity (Wildman–Crippen MR) is 127 cm³/mol. The van der Waals surface area contributed by atoms with Crippen LogP contribution in [0.4, 0.5) is 10.5 Å². The van der Waals surface area contributed by atoms with Gasteiger partial charge in [-0.05, 0) is 56.4 Å². The van der Waals surface area contributed by atoms with E-state index in [1.807, 2.05) is 36.4 Å². The number of carbonyl (C=O) groups is 3. The third-order valence-corrected chi connectivity index (χ3v) is 6.20. The Labute approximate surface area is 199 Å². The Morgan fingerprint density at radius 2 is 1.61 bits per heavy atom. The van der Waals surface area contributed by atoms with Gasteiger partial charge in [0, 0.05) is 23.0 Å². The summed E-state index contributed by atoms with van der Waals surface area (Å²) in [7, 11) is 1.40. The number of carbonyl (C=O) groups excluding carboxylic acids is 2. The van der Waals surface area contributed by atoms with Gasteiger partial charge >= 0.3 is 12.1 Å². The lowest BCUT2D eigenvalue weighted by atomic mass is 9.98. The maximum Gasteiger partial charge on any atom is 0.411 e. The number of ether oxygens (including phenoxy) is 1. The number of aliphatic carboxylic acids is 1. The number of carboxylic acid groups (broad SMARTS) is 1. The maximum atomic E-state index is 12.6. The van der Waals surface area contributed by atoms with Crippen LogP contribution < -0.4 is 5.32 Å². The first-order chi connectivity index (χ1) is 15.8. The first-order valence-electron chi connectivity index (χ1n) is 10.2. The Hall–Kier alpha value is -3.65. The van der Waals surface area contributed by atoms with Crippen molar-refractivity contribution in [3.8, 4) is 11.1 Å². The first-order valence-corrected chi connectivity index (χ1v) is 11.0. The van der Waals surface area contributed by atoms with E-state index in [1.54, 1.807) is 12.1 Å². The molecule has 1 aliphatic rings. The van der Waals surface area contributed by atoms with Gasteiger partial charge in [0.05, 0.1) is 5.69 Å². The molecule has 168 valence electrons. The van der Waals surface area contributed by atoms with E-state index in [-0.39, 0.29) is 18.1 Å². The summed E-state index contributed by atoms with van der Waals surface area (Å²) in [6, 6.07) is 20.8. The smallest absolute Gasteiger partial charge is 0.411 e. The summed E-state index contributed by atoms with van der Waals surface area (Å²) in [6.07, 6.45) is -0.652. The van der Waals surface area contributed by atoms with E-state index < -0.39 is 24.5 Å². The third kappa shape index (κ3) is 4.75. The van der Waals surface area contributed by atoms with Gasteiger partial charge in [-0.25, -0.2) is 4.79 Å². The number of halogens is 1. The van der Waals surface area contributed by atoms with Crippen molar-refractivity contribution in [3.63, 3.8) is 0 Å². The zero-order valence-corrected chi connectivity index (χ0v) is 19.3. The largest absolute Gasteiger partial charge is 0.480 e. The number of nitrogens with zero attached hydrogens (tertiary/aromatic N) is 1. The van der Waals surface area contributed by atoms with Gasteiger partial charge < -0.3 is 14.7 Å². The second-order valence-corrected chi connectivity index (χ2v) is 8.55.